The Hall–Kier alpha value is -1.54. The Bertz CT molecular complexity index is 485. The molecule has 1 aromatic heterocycles. The fourth-order valence-corrected chi connectivity index (χ4v) is 2.37. The average molecular weight is 271 g/mol. The van der Waals surface area contributed by atoms with Crippen LogP contribution < -0.4 is 5.32 Å². The second-order valence-electron chi connectivity index (χ2n) is 5.61. The van der Waals surface area contributed by atoms with E-state index in [1.54, 1.807) is 6.26 Å². The third-order valence-electron chi connectivity index (χ3n) is 3.63. The maximum absolute atomic E-state index is 5.49. The second-order valence-corrected chi connectivity index (χ2v) is 5.61. The van der Waals surface area contributed by atoms with E-state index in [2.05, 4.69) is 50.4 Å². The predicted octanol–water partition coefficient (Wildman–Crippen LogP) is 4.69. The summed E-state index contributed by atoms with van der Waals surface area (Å²) in [4.78, 5) is 0. The highest BCUT2D eigenvalue weighted by molar-refractivity contribution is 5.27. The van der Waals surface area contributed by atoms with E-state index in [4.69, 9.17) is 4.42 Å². The molecule has 2 aromatic rings. The summed E-state index contributed by atoms with van der Waals surface area (Å²) in [6, 6.07) is 13.3. The van der Waals surface area contributed by atoms with Gasteiger partial charge in [-0.1, -0.05) is 45.0 Å². The molecule has 0 bridgehead atoms. The normalized spacial score (nSPS) is 12.8. The van der Waals surface area contributed by atoms with Crippen LogP contribution in [0.5, 0.6) is 0 Å². The summed E-state index contributed by atoms with van der Waals surface area (Å²) in [6.45, 7) is 7.67. The molecule has 2 heteroatoms. The van der Waals surface area contributed by atoms with Gasteiger partial charge < -0.3 is 9.73 Å². The second kappa shape index (κ2) is 7.30. The molecule has 0 saturated carbocycles. The van der Waals surface area contributed by atoms with E-state index < -0.39 is 0 Å². The summed E-state index contributed by atoms with van der Waals surface area (Å²) in [7, 11) is 0. The largest absolute Gasteiger partial charge is 0.469 e. The Morgan fingerprint density at radius 3 is 2.30 bits per heavy atom. The summed E-state index contributed by atoms with van der Waals surface area (Å²) < 4.78 is 5.49. The van der Waals surface area contributed by atoms with E-state index in [1.807, 2.05) is 12.1 Å². The van der Waals surface area contributed by atoms with E-state index in [9.17, 15) is 0 Å². The summed E-state index contributed by atoms with van der Waals surface area (Å²) in [5.41, 5.74) is 2.72. The number of nitrogens with one attached hydrogen (secondary N) is 1. The Kier molecular flexibility index (Phi) is 5.42. The molecule has 0 saturated heterocycles. The van der Waals surface area contributed by atoms with Crippen molar-refractivity contribution >= 4 is 0 Å². The molecule has 20 heavy (non-hydrogen) atoms. The number of hydrogen-bond donors (Lipinski definition) is 1. The van der Waals surface area contributed by atoms with Crippen LogP contribution in [0, 0.1) is 0 Å². The molecule has 0 amide bonds. The molecule has 0 radical (unpaired) electrons. The molecule has 2 rings (SSSR count). The Labute approximate surface area is 122 Å². The molecule has 0 aliphatic heterocycles. The monoisotopic (exact) mass is 271 g/mol. The van der Waals surface area contributed by atoms with Crippen molar-refractivity contribution in [2.45, 2.75) is 45.6 Å². The van der Waals surface area contributed by atoms with Gasteiger partial charge in [0.15, 0.2) is 0 Å². The fraction of sp³-hybridized carbons (Fsp3) is 0.444. The summed E-state index contributed by atoms with van der Waals surface area (Å²) in [6.07, 6.45) is 3.78. The smallest absolute Gasteiger partial charge is 0.105 e. The minimum atomic E-state index is 0.322. The molecule has 1 heterocycles. The third-order valence-corrected chi connectivity index (χ3v) is 3.63. The molecule has 0 fully saturated rings. The third kappa shape index (κ3) is 3.97. The first kappa shape index (κ1) is 14.9. The molecular formula is C18H25NO. The Morgan fingerprint density at radius 2 is 1.75 bits per heavy atom. The Balaban J connectivity index is 2.12. The van der Waals surface area contributed by atoms with Gasteiger partial charge >= 0.3 is 0 Å². The number of rotatable bonds is 7. The maximum Gasteiger partial charge on any atom is 0.105 e. The standard InChI is InChI=1S/C18H25NO/c1-4-11-19-18(13-17-6-5-12-20-17)16-9-7-15(8-10-16)14(2)3/h5-10,12,14,18-19H,4,11,13H2,1-3H3. The molecule has 0 aliphatic carbocycles. The first-order valence-electron chi connectivity index (χ1n) is 7.56. The van der Waals surface area contributed by atoms with Crippen molar-refractivity contribution in [1.82, 2.24) is 5.32 Å². The van der Waals surface area contributed by atoms with Crippen LogP contribution in [0.15, 0.2) is 47.1 Å². The van der Waals surface area contributed by atoms with Gasteiger partial charge in [0, 0.05) is 12.5 Å². The first-order chi connectivity index (χ1) is 9.70. The van der Waals surface area contributed by atoms with E-state index in [0.29, 0.717) is 12.0 Å². The molecular weight excluding hydrogens is 246 g/mol. The van der Waals surface area contributed by atoms with Crippen molar-refractivity contribution in [2.75, 3.05) is 6.54 Å². The number of furan rings is 1. The number of hydrogen-bond acceptors (Lipinski definition) is 2. The van der Waals surface area contributed by atoms with Crippen molar-refractivity contribution in [3.63, 3.8) is 0 Å². The molecule has 0 aliphatic rings. The highest BCUT2D eigenvalue weighted by atomic mass is 16.3. The molecule has 108 valence electrons. The lowest BCUT2D eigenvalue weighted by Gasteiger charge is -2.19. The molecule has 1 N–H and O–H groups in total. The van der Waals surface area contributed by atoms with E-state index in [1.165, 1.54) is 11.1 Å². The zero-order valence-electron chi connectivity index (χ0n) is 12.7. The molecule has 0 spiro atoms. The van der Waals surface area contributed by atoms with E-state index >= 15 is 0 Å². The van der Waals surface area contributed by atoms with Gasteiger partial charge in [0.2, 0.25) is 0 Å². The maximum atomic E-state index is 5.49. The topological polar surface area (TPSA) is 25.2 Å². The van der Waals surface area contributed by atoms with Crippen molar-refractivity contribution in [3.8, 4) is 0 Å². The van der Waals surface area contributed by atoms with Crippen LogP contribution in [0.4, 0.5) is 0 Å². The zero-order chi connectivity index (χ0) is 14.4. The lowest BCUT2D eigenvalue weighted by atomic mass is 9.97. The van der Waals surface area contributed by atoms with Gasteiger partial charge in [0.1, 0.15) is 5.76 Å². The molecule has 2 nitrogen and oxygen atoms in total. The van der Waals surface area contributed by atoms with Crippen molar-refractivity contribution < 1.29 is 4.42 Å². The SMILES string of the molecule is CCCNC(Cc1ccco1)c1ccc(C(C)C)cc1. The van der Waals surface area contributed by atoms with Gasteiger partial charge in [-0.2, -0.15) is 0 Å². The van der Waals surface area contributed by atoms with E-state index in [0.717, 1.165) is 25.1 Å². The molecule has 1 unspecified atom stereocenters. The lowest BCUT2D eigenvalue weighted by Crippen LogP contribution is -2.24. The summed E-state index contributed by atoms with van der Waals surface area (Å²) in [5, 5.41) is 3.61. The van der Waals surface area contributed by atoms with Crippen LogP contribution >= 0.6 is 0 Å². The summed E-state index contributed by atoms with van der Waals surface area (Å²) >= 11 is 0. The highest BCUT2D eigenvalue weighted by Gasteiger charge is 2.13. The van der Waals surface area contributed by atoms with Crippen molar-refractivity contribution in [2.24, 2.45) is 0 Å². The van der Waals surface area contributed by atoms with Gasteiger partial charge in [0.25, 0.3) is 0 Å². The van der Waals surface area contributed by atoms with Gasteiger partial charge in [0.05, 0.1) is 6.26 Å². The lowest BCUT2D eigenvalue weighted by molar-refractivity contribution is 0.449. The van der Waals surface area contributed by atoms with Crippen LogP contribution in [-0.2, 0) is 6.42 Å². The molecule has 1 aromatic carbocycles. The van der Waals surface area contributed by atoms with Crippen molar-refractivity contribution in [3.05, 3.63) is 59.5 Å². The van der Waals surface area contributed by atoms with Gasteiger partial charge in [-0.05, 0) is 42.1 Å². The predicted molar refractivity (Wildman–Crippen MR) is 84.0 cm³/mol. The summed E-state index contributed by atoms with van der Waals surface area (Å²) in [5.74, 6) is 1.61. The van der Waals surface area contributed by atoms with Gasteiger partial charge in [-0.15, -0.1) is 0 Å². The van der Waals surface area contributed by atoms with Crippen molar-refractivity contribution in [1.29, 1.82) is 0 Å². The minimum absolute atomic E-state index is 0.322. The first-order valence-corrected chi connectivity index (χ1v) is 7.56. The quantitative estimate of drug-likeness (QED) is 0.790. The van der Waals surface area contributed by atoms with Crippen LogP contribution in [0.1, 0.15) is 56.0 Å². The van der Waals surface area contributed by atoms with Crippen LogP contribution in [0.3, 0.4) is 0 Å². The number of benzene rings is 1. The highest BCUT2D eigenvalue weighted by Crippen LogP contribution is 2.22. The van der Waals surface area contributed by atoms with Gasteiger partial charge in [-0.25, -0.2) is 0 Å². The van der Waals surface area contributed by atoms with Gasteiger partial charge in [-0.3, -0.25) is 0 Å². The zero-order valence-corrected chi connectivity index (χ0v) is 12.7. The average Bonchev–Trinajstić information content (AvgIpc) is 2.96. The molecule has 1 atom stereocenters. The van der Waals surface area contributed by atoms with E-state index in [-0.39, 0.29) is 0 Å². The van der Waals surface area contributed by atoms with Crippen LogP contribution in [0.2, 0.25) is 0 Å². The van der Waals surface area contributed by atoms with Crippen LogP contribution in [-0.4, -0.2) is 6.54 Å². The fourth-order valence-electron chi connectivity index (χ4n) is 2.37. The minimum Gasteiger partial charge on any atom is -0.469 e. The van der Waals surface area contributed by atoms with Crippen LogP contribution in [0.25, 0.3) is 0 Å². The Morgan fingerprint density at radius 1 is 1.05 bits per heavy atom.